The first-order valence-electron chi connectivity index (χ1n) is 9.96. The van der Waals surface area contributed by atoms with E-state index in [-0.39, 0.29) is 6.61 Å². The zero-order chi connectivity index (χ0) is 22.0. The standard InChI is InChI=1S/C20H32O9/c1-6-7-8-9-10-16-18(26-13(3)22)19(27-14(4)23)17(11-25-12(2)21)29-20(16)28-15(5)24/h16-20H,6-11H2,1-5H3/t16-,17-,18-,19-,20-/m1/s1. The van der Waals surface area contributed by atoms with Gasteiger partial charge in [-0.1, -0.05) is 32.6 Å². The molecule has 9 nitrogen and oxygen atoms in total. The molecule has 1 aliphatic heterocycles. The van der Waals surface area contributed by atoms with Crippen LogP contribution in [0.1, 0.15) is 66.7 Å². The normalized spacial score (nSPS) is 26.3. The molecule has 0 N–H and O–H groups in total. The molecule has 0 saturated carbocycles. The molecule has 29 heavy (non-hydrogen) atoms. The topological polar surface area (TPSA) is 114 Å². The number of hydrogen-bond acceptors (Lipinski definition) is 9. The van der Waals surface area contributed by atoms with Crippen molar-refractivity contribution < 1.29 is 42.9 Å². The van der Waals surface area contributed by atoms with Crippen LogP contribution in [0, 0.1) is 5.92 Å². The van der Waals surface area contributed by atoms with Crippen molar-refractivity contribution in [2.24, 2.45) is 5.92 Å². The molecule has 0 amide bonds. The van der Waals surface area contributed by atoms with Crippen molar-refractivity contribution in [3.63, 3.8) is 0 Å². The third-order valence-electron chi connectivity index (χ3n) is 4.50. The first kappa shape index (κ1) is 24.9. The molecule has 0 bridgehead atoms. The van der Waals surface area contributed by atoms with E-state index in [1.165, 1.54) is 27.7 Å². The predicted molar refractivity (Wildman–Crippen MR) is 100 cm³/mol. The van der Waals surface area contributed by atoms with Crippen molar-refractivity contribution >= 4 is 23.9 Å². The van der Waals surface area contributed by atoms with Crippen LogP contribution in [0.3, 0.4) is 0 Å². The molecule has 1 heterocycles. The number of hydrogen-bond donors (Lipinski definition) is 0. The van der Waals surface area contributed by atoms with Crippen molar-refractivity contribution in [3.8, 4) is 0 Å². The third kappa shape index (κ3) is 8.81. The van der Waals surface area contributed by atoms with E-state index >= 15 is 0 Å². The summed E-state index contributed by atoms with van der Waals surface area (Å²) in [4.78, 5) is 46.3. The van der Waals surface area contributed by atoms with Crippen molar-refractivity contribution in [1.29, 1.82) is 0 Å². The first-order chi connectivity index (χ1) is 13.6. The third-order valence-corrected chi connectivity index (χ3v) is 4.50. The lowest BCUT2D eigenvalue weighted by atomic mass is 9.86. The summed E-state index contributed by atoms with van der Waals surface area (Å²) in [6.45, 7) is 6.79. The zero-order valence-corrected chi connectivity index (χ0v) is 17.8. The lowest BCUT2D eigenvalue weighted by Gasteiger charge is -2.44. The summed E-state index contributed by atoms with van der Waals surface area (Å²) in [5.74, 6) is -2.81. The molecule has 0 aromatic heterocycles. The van der Waals surface area contributed by atoms with Gasteiger partial charge in [0.15, 0.2) is 12.2 Å². The highest BCUT2D eigenvalue weighted by molar-refractivity contribution is 5.68. The van der Waals surface area contributed by atoms with E-state index in [4.69, 9.17) is 23.7 Å². The van der Waals surface area contributed by atoms with Crippen molar-refractivity contribution in [1.82, 2.24) is 0 Å². The predicted octanol–water partition coefficient (Wildman–Crippen LogP) is 2.29. The lowest BCUT2D eigenvalue weighted by Crippen LogP contribution is -2.59. The molecule has 1 aliphatic rings. The van der Waals surface area contributed by atoms with Crippen LogP contribution in [0.2, 0.25) is 0 Å². The van der Waals surface area contributed by atoms with Gasteiger partial charge in [-0.3, -0.25) is 19.2 Å². The second kappa shape index (κ2) is 12.4. The maximum atomic E-state index is 11.8. The molecule has 0 aromatic carbocycles. The fourth-order valence-corrected chi connectivity index (χ4v) is 3.36. The number of carbonyl (C=O) groups excluding carboxylic acids is 4. The summed E-state index contributed by atoms with van der Waals surface area (Å²) in [6, 6.07) is 0. The monoisotopic (exact) mass is 416 g/mol. The van der Waals surface area contributed by atoms with Gasteiger partial charge >= 0.3 is 23.9 Å². The van der Waals surface area contributed by atoms with Crippen LogP contribution < -0.4 is 0 Å². The Bertz CT molecular complexity index is 574. The zero-order valence-electron chi connectivity index (χ0n) is 17.8. The average Bonchev–Trinajstić information content (AvgIpc) is 2.59. The van der Waals surface area contributed by atoms with Crippen molar-refractivity contribution in [3.05, 3.63) is 0 Å². The van der Waals surface area contributed by atoms with Gasteiger partial charge in [-0.25, -0.2) is 0 Å². The smallest absolute Gasteiger partial charge is 0.304 e. The molecule has 0 unspecified atom stereocenters. The molecule has 9 heteroatoms. The summed E-state index contributed by atoms with van der Waals surface area (Å²) in [5.41, 5.74) is 0. The summed E-state index contributed by atoms with van der Waals surface area (Å²) in [5, 5.41) is 0. The highest BCUT2D eigenvalue weighted by Crippen LogP contribution is 2.35. The van der Waals surface area contributed by atoms with Crippen LogP contribution in [0.25, 0.3) is 0 Å². The maximum absolute atomic E-state index is 11.8. The number of unbranched alkanes of at least 4 members (excludes halogenated alkanes) is 3. The van der Waals surface area contributed by atoms with Gasteiger partial charge in [0, 0.05) is 27.7 Å². The Morgan fingerprint density at radius 2 is 1.34 bits per heavy atom. The Morgan fingerprint density at radius 1 is 0.759 bits per heavy atom. The van der Waals surface area contributed by atoms with Gasteiger partial charge < -0.3 is 23.7 Å². The molecule has 0 spiro atoms. The molecule has 0 aliphatic carbocycles. The highest BCUT2D eigenvalue weighted by Gasteiger charge is 2.51. The largest absolute Gasteiger partial charge is 0.463 e. The van der Waals surface area contributed by atoms with Crippen LogP contribution in [-0.2, 0) is 42.9 Å². The molecule has 0 aromatic rings. The van der Waals surface area contributed by atoms with E-state index in [1.54, 1.807) is 0 Å². The van der Waals surface area contributed by atoms with Crippen LogP contribution >= 0.6 is 0 Å². The van der Waals surface area contributed by atoms with E-state index in [2.05, 4.69) is 6.92 Å². The van der Waals surface area contributed by atoms with Crippen LogP contribution in [0.4, 0.5) is 0 Å². The molecule has 0 radical (unpaired) electrons. The van der Waals surface area contributed by atoms with Gasteiger partial charge in [0.05, 0.1) is 5.92 Å². The summed E-state index contributed by atoms with van der Waals surface area (Å²) >= 11 is 0. The number of carbonyl (C=O) groups is 4. The number of rotatable bonds is 10. The second-order valence-electron chi connectivity index (χ2n) is 7.12. The van der Waals surface area contributed by atoms with E-state index < -0.39 is 54.4 Å². The van der Waals surface area contributed by atoms with Crippen LogP contribution in [-0.4, -0.2) is 55.1 Å². The Balaban J connectivity index is 3.18. The summed E-state index contributed by atoms with van der Waals surface area (Å²) in [6.07, 6.45) is 0.466. The van der Waals surface area contributed by atoms with Gasteiger partial charge in [-0.05, 0) is 6.42 Å². The maximum Gasteiger partial charge on any atom is 0.304 e. The minimum absolute atomic E-state index is 0.245. The van der Waals surface area contributed by atoms with Gasteiger partial charge in [0.25, 0.3) is 0 Å². The molecule has 5 atom stereocenters. The molecular formula is C20H32O9. The van der Waals surface area contributed by atoms with Gasteiger partial charge in [0.1, 0.15) is 12.7 Å². The fraction of sp³-hybridized carbons (Fsp3) is 0.800. The quantitative estimate of drug-likeness (QED) is 0.300. The van der Waals surface area contributed by atoms with E-state index in [1.807, 2.05) is 0 Å². The summed E-state index contributed by atoms with van der Waals surface area (Å²) in [7, 11) is 0. The van der Waals surface area contributed by atoms with Crippen LogP contribution in [0.5, 0.6) is 0 Å². The minimum atomic E-state index is -1.02. The van der Waals surface area contributed by atoms with E-state index in [9.17, 15) is 19.2 Å². The lowest BCUT2D eigenvalue weighted by molar-refractivity contribution is -0.285. The van der Waals surface area contributed by atoms with Gasteiger partial charge in [0.2, 0.25) is 6.29 Å². The highest BCUT2D eigenvalue weighted by atomic mass is 16.7. The summed E-state index contributed by atoms with van der Waals surface area (Å²) < 4.78 is 27.1. The number of ether oxygens (including phenoxy) is 5. The second-order valence-corrected chi connectivity index (χ2v) is 7.12. The average molecular weight is 416 g/mol. The molecule has 166 valence electrons. The number of esters is 4. The van der Waals surface area contributed by atoms with Gasteiger partial charge in [-0.15, -0.1) is 0 Å². The molecule has 1 fully saturated rings. The first-order valence-corrected chi connectivity index (χ1v) is 9.96. The Morgan fingerprint density at radius 3 is 1.86 bits per heavy atom. The van der Waals surface area contributed by atoms with Crippen molar-refractivity contribution in [2.75, 3.05) is 6.61 Å². The Labute approximate surface area is 171 Å². The van der Waals surface area contributed by atoms with E-state index in [0.717, 1.165) is 25.7 Å². The van der Waals surface area contributed by atoms with Gasteiger partial charge in [-0.2, -0.15) is 0 Å². The Kier molecular flexibility index (Phi) is 10.6. The SMILES string of the molecule is CCCCCC[C@H]1[C@H](OC(C)=O)O[C@H](COC(C)=O)[C@@H](OC(C)=O)[C@@H]1OC(C)=O. The Hall–Kier alpha value is -2.16. The van der Waals surface area contributed by atoms with Crippen molar-refractivity contribution in [2.45, 2.75) is 91.3 Å². The minimum Gasteiger partial charge on any atom is -0.463 e. The fourth-order valence-electron chi connectivity index (χ4n) is 3.36. The van der Waals surface area contributed by atoms with E-state index in [0.29, 0.717) is 6.42 Å². The molecule has 1 rings (SSSR count). The molecular weight excluding hydrogens is 384 g/mol. The molecule has 1 saturated heterocycles. The van der Waals surface area contributed by atoms with Crippen LogP contribution in [0.15, 0.2) is 0 Å².